The minimum atomic E-state index is -0.213. The zero-order valence-corrected chi connectivity index (χ0v) is 12.6. The number of hydrogen-bond donors (Lipinski definition) is 2. The molecule has 1 aromatic heterocycles. The molecule has 2 N–H and O–H groups in total. The van der Waals surface area contributed by atoms with Crippen LogP contribution in [-0.2, 0) is 4.74 Å². The Kier molecular flexibility index (Phi) is 8.10. The van der Waals surface area contributed by atoms with Crippen LogP contribution in [0.2, 0.25) is 0 Å². The third-order valence-corrected chi connectivity index (χ3v) is 2.62. The number of ether oxygens (including phenoxy) is 1. The van der Waals surface area contributed by atoms with Crippen LogP contribution in [0.3, 0.4) is 0 Å². The smallest absolute Gasteiger partial charge is 0.252 e. The van der Waals surface area contributed by atoms with Crippen molar-refractivity contribution in [3.8, 4) is 11.8 Å². The van der Waals surface area contributed by atoms with Crippen LogP contribution in [0.25, 0.3) is 0 Å². The van der Waals surface area contributed by atoms with Gasteiger partial charge in [0.15, 0.2) is 0 Å². The number of carbonyl (C=O) groups is 1. The molecule has 0 aliphatic carbocycles. The van der Waals surface area contributed by atoms with E-state index >= 15 is 0 Å². The van der Waals surface area contributed by atoms with E-state index in [2.05, 4.69) is 22.1 Å². The van der Waals surface area contributed by atoms with E-state index in [0.717, 1.165) is 12.8 Å². The van der Waals surface area contributed by atoms with Gasteiger partial charge in [-0.25, -0.2) is 0 Å². The molecule has 1 aromatic rings. The van der Waals surface area contributed by atoms with Gasteiger partial charge < -0.3 is 15.2 Å². The summed E-state index contributed by atoms with van der Waals surface area (Å²) in [7, 11) is 0. The fraction of sp³-hybridized carbons (Fsp3) is 0.500. The van der Waals surface area contributed by atoms with Crippen LogP contribution in [-0.4, -0.2) is 41.9 Å². The Labute approximate surface area is 125 Å². The first-order valence-corrected chi connectivity index (χ1v) is 7.08. The summed E-state index contributed by atoms with van der Waals surface area (Å²) in [5.74, 6) is 5.08. The fourth-order valence-electron chi connectivity index (χ4n) is 1.62. The summed E-state index contributed by atoms with van der Waals surface area (Å²) in [6, 6.07) is 1.66. The standard InChI is InChI=1S/C16H22N2O3/c1-13(2)21-9-4-3-7-18-16(20)15-10-14(6-5-8-19)11-17-12-15/h10-13,19H,3-4,7-9H2,1-2H3,(H,18,20). The predicted octanol–water partition coefficient (Wildman–Crippen LogP) is 1.36. The highest BCUT2D eigenvalue weighted by atomic mass is 16.5. The highest BCUT2D eigenvalue weighted by Gasteiger charge is 2.05. The van der Waals surface area contributed by atoms with Crippen molar-refractivity contribution in [3.05, 3.63) is 29.6 Å². The third kappa shape index (κ3) is 7.45. The molecule has 5 nitrogen and oxygen atoms in total. The lowest BCUT2D eigenvalue weighted by Gasteiger charge is -2.08. The van der Waals surface area contributed by atoms with Crippen molar-refractivity contribution in [1.82, 2.24) is 10.3 Å². The van der Waals surface area contributed by atoms with Gasteiger partial charge in [0.05, 0.1) is 11.7 Å². The Morgan fingerprint density at radius 2 is 2.24 bits per heavy atom. The van der Waals surface area contributed by atoms with Crippen LogP contribution < -0.4 is 5.32 Å². The molecule has 21 heavy (non-hydrogen) atoms. The molecule has 1 amide bonds. The molecule has 5 heteroatoms. The first-order chi connectivity index (χ1) is 10.1. The molecule has 0 radical (unpaired) electrons. The van der Waals surface area contributed by atoms with Gasteiger partial charge in [0.2, 0.25) is 0 Å². The maximum atomic E-state index is 11.9. The molecule has 0 aliphatic rings. The van der Waals surface area contributed by atoms with Crippen molar-refractivity contribution >= 4 is 5.91 Å². The molecule has 1 rings (SSSR count). The van der Waals surface area contributed by atoms with Crippen LogP contribution in [0.4, 0.5) is 0 Å². The van der Waals surface area contributed by atoms with E-state index < -0.39 is 0 Å². The van der Waals surface area contributed by atoms with Crippen molar-refractivity contribution in [2.45, 2.75) is 32.8 Å². The van der Waals surface area contributed by atoms with Gasteiger partial charge in [-0.15, -0.1) is 0 Å². The molecule has 114 valence electrons. The topological polar surface area (TPSA) is 71.5 Å². The number of rotatable bonds is 7. The highest BCUT2D eigenvalue weighted by Crippen LogP contribution is 2.02. The molecule has 0 saturated heterocycles. The summed E-state index contributed by atoms with van der Waals surface area (Å²) in [6.07, 6.45) is 5.09. The number of unbranched alkanes of at least 4 members (excludes halogenated alkanes) is 1. The van der Waals surface area contributed by atoms with Crippen LogP contribution in [0, 0.1) is 11.8 Å². The number of pyridine rings is 1. The van der Waals surface area contributed by atoms with Crippen molar-refractivity contribution in [1.29, 1.82) is 0 Å². The maximum absolute atomic E-state index is 11.9. The number of aliphatic hydroxyl groups excluding tert-OH is 1. The lowest BCUT2D eigenvalue weighted by atomic mass is 10.2. The quantitative estimate of drug-likeness (QED) is 0.587. The summed E-state index contributed by atoms with van der Waals surface area (Å²) < 4.78 is 5.43. The summed E-state index contributed by atoms with van der Waals surface area (Å²) in [4.78, 5) is 15.9. The van der Waals surface area contributed by atoms with Crippen LogP contribution in [0.5, 0.6) is 0 Å². The van der Waals surface area contributed by atoms with Crippen LogP contribution in [0.1, 0.15) is 42.6 Å². The second-order valence-electron chi connectivity index (χ2n) is 4.80. The average Bonchev–Trinajstić information content (AvgIpc) is 2.48. The lowest BCUT2D eigenvalue weighted by Crippen LogP contribution is -2.25. The van der Waals surface area contributed by atoms with Crippen molar-refractivity contribution in [2.75, 3.05) is 19.8 Å². The fourth-order valence-corrected chi connectivity index (χ4v) is 1.62. The Hall–Kier alpha value is -1.90. The van der Waals surface area contributed by atoms with E-state index in [-0.39, 0.29) is 18.6 Å². The van der Waals surface area contributed by atoms with Crippen molar-refractivity contribution < 1.29 is 14.6 Å². The summed E-state index contributed by atoms with van der Waals surface area (Å²) in [5, 5.41) is 11.5. The van der Waals surface area contributed by atoms with Crippen LogP contribution in [0.15, 0.2) is 18.5 Å². The molecule has 0 aliphatic heterocycles. The van der Waals surface area contributed by atoms with E-state index in [0.29, 0.717) is 24.3 Å². The van der Waals surface area contributed by atoms with Crippen LogP contribution >= 0.6 is 0 Å². The third-order valence-electron chi connectivity index (χ3n) is 2.62. The van der Waals surface area contributed by atoms with E-state index in [1.165, 1.54) is 6.20 Å². The lowest BCUT2D eigenvalue weighted by molar-refractivity contribution is 0.0754. The van der Waals surface area contributed by atoms with Gasteiger partial charge >= 0.3 is 0 Å². The largest absolute Gasteiger partial charge is 0.384 e. The predicted molar refractivity (Wildman–Crippen MR) is 80.9 cm³/mol. The Balaban J connectivity index is 2.35. The first-order valence-electron chi connectivity index (χ1n) is 7.08. The number of carbonyl (C=O) groups excluding carboxylic acids is 1. The summed E-state index contributed by atoms with van der Waals surface area (Å²) in [5.41, 5.74) is 1.08. The SMILES string of the molecule is CC(C)OCCCCNC(=O)c1cncc(C#CCO)c1. The highest BCUT2D eigenvalue weighted by molar-refractivity contribution is 5.94. The monoisotopic (exact) mass is 290 g/mol. The van der Waals surface area contributed by atoms with E-state index in [1.54, 1.807) is 12.3 Å². The second kappa shape index (κ2) is 9.92. The summed E-state index contributed by atoms with van der Waals surface area (Å²) >= 11 is 0. The molecule has 1 heterocycles. The zero-order valence-electron chi connectivity index (χ0n) is 12.6. The Morgan fingerprint density at radius 1 is 1.43 bits per heavy atom. The minimum Gasteiger partial charge on any atom is -0.384 e. The second-order valence-corrected chi connectivity index (χ2v) is 4.80. The number of nitrogens with one attached hydrogen (secondary N) is 1. The van der Waals surface area contributed by atoms with Gasteiger partial charge in [-0.1, -0.05) is 11.8 Å². The normalized spacial score (nSPS) is 10.1. The van der Waals surface area contributed by atoms with Crippen molar-refractivity contribution in [3.63, 3.8) is 0 Å². The van der Waals surface area contributed by atoms with E-state index in [4.69, 9.17) is 9.84 Å². The molecule has 0 bridgehead atoms. The molecule has 0 fully saturated rings. The van der Waals surface area contributed by atoms with Gasteiger partial charge in [0, 0.05) is 31.1 Å². The van der Waals surface area contributed by atoms with E-state index in [9.17, 15) is 4.79 Å². The van der Waals surface area contributed by atoms with Gasteiger partial charge in [-0.3, -0.25) is 9.78 Å². The molecule has 0 unspecified atom stereocenters. The number of nitrogens with zero attached hydrogens (tertiary/aromatic N) is 1. The Bertz CT molecular complexity index is 504. The van der Waals surface area contributed by atoms with E-state index in [1.807, 2.05) is 13.8 Å². The first kappa shape index (κ1) is 17.2. The molecular weight excluding hydrogens is 268 g/mol. The number of aliphatic hydroxyl groups is 1. The average molecular weight is 290 g/mol. The number of hydrogen-bond acceptors (Lipinski definition) is 4. The molecule has 0 aromatic carbocycles. The molecule has 0 atom stereocenters. The minimum absolute atomic E-state index is 0.167. The molecular formula is C16H22N2O3. The number of amides is 1. The number of aromatic nitrogens is 1. The van der Waals surface area contributed by atoms with Crippen molar-refractivity contribution in [2.24, 2.45) is 0 Å². The van der Waals surface area contributed by atoms with Gasteiger partial charge in [0.25, 0.3) is 5.91 Å². The Morgan fingerprint density at radius 3 is 2.95 bits per heavy atom. The molecule has 0 spiro atoms. The summed E-state index contributed by atoms with van der Waals surface area (Å²) in [6.45, 7) is 5.10. The van der Waals surface area contributed by atoms with Gasteiger partial charge in [0.1, 0.15) is 6.61 Å². The zero-order chi connectivity index (χ0) is 15.5. The van der Waals surface area contributed by atoms with Gasteiger partial charge in [-0.05, 0) is 32.8 Å². The maximum Gasteiger partial charge on any atom is 0.252 e. The molecule has 0 saturated carbocycles. The van der Waals surface area contributed by atoms with Gasteiger partial charge in [-0.2, -0.15) is 0 Å².